The fourth-order valence-electron chi connectivity index (χ4n) is 2.37. The van der Waals surface area contributed by atoms with Crippen LogP contribution in [-0.2, 0) is 0 Å². The summed E-state index contributed by atoms with van der Waals surface area (Å²) in [5, 5.41) is 4.84. The largest absolute Gasteiger partial charge is 0.371 e. The molecule has 2 nitrogen and oxygen atoms in total. The maximum atomic E-state index is 6.08. The molecule has 1 heterocycles. The summed E-state index contributed by atoms with van der Waals surface area (Å²) in [6, 6.07) is 5.89. The van der Waals surface area contributed by atoms with Crippen LogP contribution in [-0.4, -0.2) is 25.2 Å². The topological polar surface area (TPSA) is 15.3 Å². The van der Waals surface area contributed by atoms with Gasteiger partial charge in [-0.1, -0.05) is 23.2 Å². The number of anilines is 1. The van der Waals surface area contributed by atoms with Crippen molar-refractivity contribution in [1.29, 1.82) is 0 Å². The molecule has 0 spiro atoms. The standard InChI is InChI=1S/C15H22Cl2N2/c1-15(2,3)18-9-11-6-7-19(10-11)12-4-5-13(16)14(17)8-12/h4-5,8,11,18H,6-7,9-10H2,1-3H3. The molecule has 0 radical (unpaired) electrons. The molecule has 0 bridgehead atoms. The minimum Gasteiger partial charge on any atom is -0.371 e. The lowest BCUT2D eigenvalue weighted by molar-refractivity contribution is 0.383. The van der Waals surface area contributed by atoms with Crippen molar-refractivity contribution in [3.05, 3.63) is 28.2 Å². The molecular formula is C15H22Cl2N2. The molecule has 1 N–H and O–H groups in total. The number of hydrogen-bond acceptors (Lipinski definition) is 2. The molecule has 106 valence electrons. The van der Waals surface area contributed by atoms with E-state index in [1.807, 2.05) is 18.2 Å². The zero-order chi connectivity index (χ0) is 14.0. The molecule has 1 fully saturated rings. The normalized spacial score (nSPS) is 20.1. The summed E-state index contributed by atoms with van der Waals surface area (Å²) < 4.78 is 0. The van der Waals surface area contributed by atoms with Gasteiger partial charge in [0.15, 0.2) is 0 Å². The Kier molecular flexibility index (Phi) is 4.65. The summed E-state index contributed by atoms with van der Waals surface area (Å²) in [6.45, 7) is 9.87. The van der Waals surface area contributed by atoms with Gasteiger partial charge in [-0.2, -0.15) is 0 Å². The summed E-state index contributed by atoms with van der Waals surface area (Å²) in [7, 11) is 0. The number of nitrogens with one attached hydrogen (secondary N) is 1. The van der Waals surface area contributed by atoms with Crippen LogP contribution in [0.2, 0.25) is 10.0 Å². The highest BCUT2D eigenvalue weighted by atomic mass is 35.5. The molecule has 1 atom stereocenters. The van der Waals surface area contributed by atoms with E-state index < -0.39 is 0 Å². The van der Waals surface area contributed by atoms with Crippen LogP contribution in [0.3, 0.4) is 0 Å². The van der Waals surface area contributed by atoms with Gasteiger partial charge < -0.3 is 10.2 Å². The smallest absolute Gasteiger partial charge is 0.0612 e. The second-order valence-electron chi connectivity index (χ2n) is 6.33. The summed E-state index contributed by atoms with van der Waals surface area (Å²) in [5.41, 5.74) is 1.37. The van der Waals surface area contributed by atoms with Gasteiger partial charge in [-0.25, -0.2) is 0 Å². The lowest BCUT2D eigenvalue weighted by atomic mass is 10.1. The second kappa shape index (κ2) is 5.90. The molecule has 0 saturated carbocycles. The Bertz CT molecular complexity index is 440. The SMILES string of the molecule is CC(C)(C)NCC1CCN(c2ccc(Cl)c(Cl)c2)C1. The molecule has 0 amide bonds. The first-order valence-corrected chi connectivity index (χ1v) is 7.56. The van der Waals surface area contributed by atoms with Crippen molar-refractivity contribution < 1.29 is 0 Å². The van der Waals surface area contributed by atoms with Crippen molar-refractivity contribution in [2.24, 2.45) is 5.92 Å². The molecule has 1 aromatic carbocycles. The average Bonchev–Trinajstić information content (AvgIpc) is 2.78. The van der Waals surface area contributed by atoms with Gasteiger partial charge in [0.05, 0.1) is 10.0 Å². The van der Waals surface area contributed by atoms with Crippen molar-refractivity contribution in [3.63, 3.8) is 0 Å². The summed E-state index contributed by atoms with van der Waals surface area (Å²) >= 11 is 12.0. The van der Waals surface area contributed by atoms with Crippen molar-refractivity contribution in [2.75, 3.05) is 24.5 Å². The van der Waals surface area contributed by atoms with Crippen LogP contribution in [0, 0.1) is 5.92 Å². The van der Waals surface area contributed by atoms with E-state index in [9.17, 15) is 0 Å². The third kappa shape index (κ3) is 4.27. The van der Waals surface area contributed by atoms with E-state index in [-0.39, 0.29) is 5.54 Å². The van der Waals surface area contributed by atoms with Gasteiger partial charge in [0.1, 0.15) is 0 Å². The number of hydrogen-bond donors (Lipinski definition) is 1. The van der Waals surface area contributed by atoms with Crippen LogP contribution < -0.4 is 10.2 Å². The Hall–Kier alpha value is -0.440. The molecule has 4 heteroatoms. The highest BCUT2D eigenvalue weighted by Gasteiger charge is 2.24. The van der Waals surface area contributed by atoms with Crippen LogP contribution in [0.4, 0.5) is 5.69 Å². The summed E-state index contributed by atoms with van der Waals surface area (Å²) in [6.07, 6.45) is 1.23. The van der Waals surface area contributed by atoms with E-state index in [4.69, 9.17) is 23.2 Å². The molecule has 1 unspecified atom stereocenters. The Morgan fingerprint density at radius 2 is 2.00 bits per heavy atom. The van der Waals surface area contributed by atoms with Gasteiger partial charge in [0.25, 0.3) is 0 Å². The van der Waals surface area contributed by atoms with Crippen LogP contribution in [0.1, 0.15) is 27.2 Å². The van der Waals surface area contributed by atoms with Gasteiger partial charge >= 0.3 is 0 Å². The quantitative estimate of drug-likeness (QED) is 0.899. The fraction of sp³-hybridized carbons (Fsp3) is 0.600. The Labute approximate surface area is 126 Å². The lowest BCUT2D eigenvalue weighted by Crippen LogP contribution is -2.39. The average molecular weight is 301 g/mol. The highest BCUT2D eigenvalue weighted by molar-refractivity contribution is 6.42. The Balaban J connectivity index is 1.92. The predicted octanol–water partition coefficient (Wildman–Crippen LogP) is 4.21. The number of nitrogens with zero attached hydrogens (tertiary/aromatic N) is 1. The van der Waals surface area contributed by atoms with Crippen LogP contribution in [0.25, 0.3) is 0 Å². The van der Waals surface area contributed by atoms with Gasteiger partial charge in [-0.3, -0.25) is 0 Å². The van der Waals surface area contributed by atoms with Crippen molar-refractivity contribution in [1.82, 2.24) is 5.32 Å². The Morgan fingerprint density at radius 1 is 1.26 bits per heavy atom. The first-order valence-electron chi connectivity index (χ1n) is 6.80. The second-order valence-corrected chi connectivity index (χ2v) is 7.14. The first kappa shape index (κ1) is 15.0. The fourth-order valence-corrected chi connectivity index (χ4v) is 2.66. The zero-order valence-electron chi connectivity index (χ0n) is 11.8. The van der Waals surface area contributed by atoms with Crippen molar-refractivity contribution >= 4 is 28.9 Å². The predicted molar refractivity (Wildman–Crippen MR) is 84.5 cm³/mol. The van der Waals surface area contributed by atoms with Gasteiger partial charge in [0, 0.05) is 30.9 Å². The molecular weight excluding hydrogens is 279 g/mol. The van der Waals surface area contributed by atoms with E-state index in [1.54, 1.807) is 0 Å². The zero-order valence-corrected chi connectivity index (χ0v) is 13.4. The molecule has 1 aromatic rings. The Morgan fingerprint density at radius 3 is 2.63 bits per heavy atom. The van der Waals surface area contributed by atoms with E-state index in [0.29, 0.717) is 16.0 Å². The van der Waals surface area contributed by atoms with E-state index in [1.165, 1.54) is 12.1 Å². The maximum Gasteiger partial charge on any atom is 0.0612 e. The molecule has 1 saturated heterocycles. The van der Waals surface area contributed by atoms with Gasteiger partial charge in [-0.05, 0) is 51.3 Å². The minimum atomic E-state index is 0.191. The van der Waals surface area contributed by atoms with E-state index >= 15 is 0 Å². The number of halogens is 2. The monoisotopic (exact) mass is 300 g/mol. The van der Waals surface area contributed by atoms with Crippen molar-refractivity contribution in [3.8, 4) is 0 Å². The van der Waals surface area contributed by atoms with Gasteiger partial charge in [0.2, 0.25) is 0 Å². The maximum absolute atomic E-state index is 6.08. The van der Waals surface area contributed by atoms with E-state index in [2.05, 4.69) is 31.0 Å². The van der Waals surface area contributed by atoms with Gasteiger partial charge in [-0.15, -0.1) is 0 Å². The molecule has 1 aliphatic heterocycles. The minimum absolute atomic E-state index is 0.191. The molecule has 2 rings (SSSR count). The summed E-state index contributed by atoms with van der Waals surface area (Å²) in [5.74, 6) is 0.702. The third-order valence-electron chi connectivity index (χ3n) is 3.48. The molecule has 0 aromatic heterocycles. The first-order chi connectivity index (χ1) is 8.85. The lowest BCUT2D eigenvalue weighted by Gasteiger charge is -2.24. The third-order valence-corrected chi connectivity index (χ3v) is 4.21. The summed E-state index contributed by atoms with van der Waals surface area (Å²) in [4.78, 5) is 2.39. The van der Waals surface area contributed by atoms with Crippen molar-refractivity contribution in [2.45, 2.75) is 32.7 Å². The number of rotatable bonds is 3. The number of benzene rings is 1. The molecule has 1 aliphatic rings. The molecule has 19 heavy (non-hydrogen) atoms. The van der Waals surface area contributed by atoms with Crippen LogP contribution >= 0.6 is 23.2 Å². The highest BCUT2D eigenvalue weighted by Crippen LogP contribution is 2.30. The van der Waals surface area contributed by atoms with Crippen LogP contribution in [0.5, 0.6) is 0 Å². The van der Waals surface area contributed by atoms with Crippen LogP contribution in [0.15, 0.2) is 18.2 Å². The molecule has 0 aliphatic carbocycles. The van der Waals surface area contributed by atoms with E-state index in [0.717, 1.165) is 19.6 Å².